The summed E-state index contributed by atoms with van der Waals surface area (Å²) in [7, 11) is -1.23. The Morgan fingerprint density at radius 3 is 2.29 bits per heavy atom. The molecule has 0 heterocycles. The lowest BCUT2D eigenvalue weighted by Gasteiger charge is -2.18. The Kier molecular flexibility index (Phi) is 6.76. The molecule has 8 nitrogen and oxygen atoms in total. The maximum absolute atomic E-state index is 12.8. The monoisotopic (exact) mass is 405 g/mol. The van der Waals surface area contributed by atoms with E-state index >= 15 is 0 Å². The fourth-order valence-electron chi connectivity index (χ4n) is 2.44. The van der Waals surface area contributed by atoms with Gasteiger partial charge in [-0.1, -0.05) is 17.7 Å². The van der Waals surface area contributed by atoms with Gasteiger partial charge in [0.05, 0.1) is 24.2 Å². The summed E-state index contributed by atoms with van der Waals surface area (Å²) >= 11 is 0. The van der Waals surface area contributed by atoms with Crippen LogP contribution in [0.2, 0.25) is 0 Å². The van der Waals surface area contributed by atoms with Crippen molar-refractivity contribution in [3.63, 3.8) is 0 Å². The van der Waals surface area contributed by atoms with Gasteiger partial charge in [0.15, 0.2) is 0 Å². The molecule has 150 valence electrons. The lowest BCUT2D eigenvalue weighted by atomic mass is 10.2. The molecule has 2 amide bonds. The SMILES string of the molecule is COc1ccc(S(=O)(=O)N(C)CC(=O)Nc2ccc(C)cc2)cc1NC(C)=O. The number of rotatable bonds is 7. The smallest absolute Gasteiger partial charge is 0.243 e. The topological polar surface area (TPSA) is 105 Å². The van der Waals surface area contributed by atoms with Crippen LogP contribution in [0.1, 0.15) is 12.5 Å². The van der Waals surface area contributed by atoms with E-state index in [4.69, 9.17) is 4.74 Å². The molecule has 0 aliphatic heterocycles. The maximum atomic E-state index is 12.8. The molecule has 0 bridgehead atoms. The molecule has 0 radical (unpaired) electrons. The van der Waals surface area contributed by atoms with Crippen molar-refractivity contribution in [3.8, 4) is 5.75 Å². The van der Waals surface area contributed by atoms with Gasteiger partial charge in [-0.3, -0.25) is 9.59 Å². The Morgan fingerprint density at radius 1 is 1.07 bits per heavy atom. The molecular formula is C19H23N3O5S. The van der Waals surface area contributed by atoms with E-state index in [2.05, 4.69) is 10.6 Å². The summed E-state index contributed by atoms with van der Waals surface area (Å²) in [5, 5.41) is 5.18. The fourth-order valence-corrected chi connectivity index (χ4v) is 3.59. The quantitative estimate of drug-likeness (QED) is 0.735. The number of aryl methyl sites for hydroxylation is 1. The molecule has 2 N–H and O–H groups in total. The molecule has 0 aliphatic rings. The van der Waals surface area contributed by atoms with E-state index in [9.17, 15) is 18.0 Å². The zero-order chi connectivity index (χ0) is 20.9. The van der Waals surface area contributed by atoms with Crippen LogP contribution >= 0.6 is 0 Å². The van der Waals surface area contributed by atoms with E-state index in [-0.39, 0.29) is 23.0 Å². The first kappa shape index (κ1) is 21.4. The van der Waals surface area contributed by atoms with Crippen LogP contribution in [0.5, 0.6) is 5.75 Å². The Bertz CT molecular complexity index is 972. The second-order valence-corrected chi connectivity index (χ2v) is 8.26. The number of anilines is 2. The van der Waals surface area contributed by atoms with Gasteiger partial charge in [0.1, 0.15) is 5.75 Å². The highest BCUT2D eigenvalue weighted by atomic mass is 32.2. The highest BCUT2D eigenvalue weighted by Crippen LogP contribution is 2.28. The third-order valence-electron chi connectivity index (χ3n) is 3.89. The first-order valence-electron chi connectivity index (χ1n) is 8.42. The number of carbonyl (C=O) groups excluding carboxylic acids is 2. The fraction of sp³-hybridized carbons (Fsp3) is 0.263. The number of nitrogens with one attached hydrogen (secondary N) is 2. The van der Waals surface area contributed by atoms with Crippen molar-refractivity contribution in [2.75, 3.05) is 31.3 Å². The molecule has 2 rings (SSSR count). The molecule has 28 heavy (non-hydrogen) atoms. The minimum Gasteiger partial charge on any atom is -0.495 e. The van der Waals surface area contributed by atoms with Gasteiger partial charge in [0.2, 0.25) is 21.8 Å². The Hall–Kier alpha value is -2.91. The molecule has 0 unspecified atom stereocenters. The highest BCUT2D eigenvalue weighted by Gasteiger charge is 2.24. The zero-order valence-electron chi connectivity index (χ0n) is 16.1. The van der Waals surface area contributed by atoms with Gasteiger partial charge in [0.25, 0.3) is 0 Å². The lowest BCUT2D eigenvalue weighted by molar-refractivity contribution is -0.116. The summed E-state index contributed by atoms with van der Waals surface area (Å²) in [6, 6.07) is 11.3. The van der Waals surface area contributed by atoms with Crippen molar-refractivity contribution >= 4 is 33.2 Å². The van der Waals surface area contributed by atoms with Gasteiger partial charge in [-0.25, -0.2) is 8.42 Å². The van der Waals surface area contributed by atoms with Crippen LogP contribution in [0.3, 0.4) is 0 Å². The Labute approximate surface area is 164 Å². The second kappa shape index (κ2) is 8.85. The van der Waals surface area contributed by atoms with Gasteiger partial charge in [-0.15, -0.1) is 0 Å². The number of methoxy groups -OCH3 is 1. The average molecular weight is 405 g/mol. The van der Waals surface area contributed by atoms with E-state index in [1.807, 2.05) is 19.1 Å². The van der Waals surface area contributed by atoms with E-state index in [1.165, 1.54) is 39.3 Å². The van der Waals surface area contributed by atoms with E-state index in [1.54, 1.807) is 12.1 Å². The van der Waals surface area contributed by atoms with Crippen molar-refractivity contribution in [2.45, 2.75) is 18.7 Å². The summed E-state index contributed by atoms with van der Waals surface area (Å²) in [6.45, 7) is 2.87. The van der Waals surface area contributed by atoms with Crippen LogP contribution in [0.15, 0.2) is 47.4 Å². The number of hydrogen-bond donors (Lipinski definition) is 2. The number of benzene rings is 2. The van der Waals surface area contributed by atoms with Crippen molar-refractivity contribution in [2.24, 2.45) is 0 Å². The predicted octanol–water partition coefficient (Wildman–Crippen LogP) is 2.22. The first-order chi connectivity index (χ1) is 13.1. The molecule has 0 aliphatic carbocycles. The number of ether oxygens (including phenoxy) is 1. The van der Waals surface area contributed by atoms with Gasteiger partial charge in [-0.2, -0.15) is 4.31 Å². The summed E-state index contributed by atoms with van der Waals surface area (Å²) in [6.07, 6.45) is 0. The van der Waals surface area contributed by atoms with E-state index in [0.29, 0.717) is 11.4 Å². The minimum absolute atomic E-state index is 0.0670. The van der Waals surface area contributed by atoms with Gasteiger partial charge >= 0.3 is 0 Å². The number of carbonyl (C=O) groups is 2. The molecular weight excluding hydrogens is 382 g/mol. The van der Waals surface area contributed by atoms with Crippen molar-refractivity contribution in [1.82, 2.24) is 4.31 Å². The minimum atomic E-state index is -3.95. The Morgan fingerprint density at radius 2 is 1.71 bits per heavy atom. The van der Waals surface area contributed by atoms with E-state index in [0.717, 1.165) is 9.87 Å². The van der Waals surface area contributed by atoms with Gasteiger partial charge in [0, 0.05) is 19.7 Å². The summed E-state index contributed by atoms with van der Waals surface area (Å²) in [5.74, 6) is -0.502. The summed E-state index contributed by atoms with van der Waals surface area (Å²) in [4.78, 5) is 23.5. The first-order valence-corrected chi connectivity index (χ1v) is 9.86. The van der Waals surface area contributed by atoms with E-state index < -0.39 is 15.9 Å². The molecule has 0 spiro atoms. The third-order valence-corrected chi connectivity index (χ3v) is 5.69. The molecule has 0 fully saturated rings. The summed E-state index contributed by atoms with van der Waals surface area (Å²) in [5.41, 5.74) is 1.86. The van der Waals surface area contributed by atoms with Gasteiger partial charge < -0.3 is 15.4 Å². The standard InChI is InChI=1S/C19H23N3O5S/c1-13-5-7-15(8-6-13)21-19(24)12-22(3)28(25,26)16-9-10-18(27-4)17(11-16)20-14(2)23/h5-11H,12H2,1-4H3,(H,20,23)(H,21,24). The van der Waals surface area contributed by atoms with Crippen LogP contribution < -0.4 is 15.4 Å². The number of nitrogens with zero attached hydrogens (tertiary/aromatic N) is 1. The maximum Gasteiger partial charge on any atom is 0.243 e. The second-order valence-electron chi connectivity index (χ2n) is 6.22. The molecule has 0 saturated carbocycles. The number of hydrogen-bond acceptors (Lipinski definition) is 5. The molecule has 2 aromatic carbocycles. The summed E-state index contributed by atoms with van der Waals surface area (Å²) < 4.78 is 31.7. The number of amides is 2. The predicted molar refractivity (Wildman–Crippen MR) is 107 cm³/mol. The van der Waals surface area contributed by atoms with Crippen molar-refractivity contribution in [1.29, 1.82) is 0 Å². The van der Waals surface area contributed by atoms with Crippen LogP contribution in [-0.2, 0) is 19.6 Å². The molecule has 9 heteroatoms. The molecule has 0 saturated heterocycles. The largest absolute Gasteiger partial charge is 0.495 e. The molecule has 2 aromatic rings. The third kappa shape index (κ3) is 5.30. The highest BCUT2D eigenvalue weighted by molar-refractivity contribution is 7.89. The molecule has 0 atom stereocenters. The van der Waals surface area contributed by atoms with Gasteiger partial charge in [-0.05, 0) is 37.3 Å². The number of likely N-dealkylation sites (N-methyl/N-ethyl adjacent to an activating group) is 1. The van der Waals surface area contributed by atoms with Crippen LogP contribution in [0.4, 0.5) is 11.4 Å². The van der Waals surface area contributed by atoms with Crippen LogP contribution in [-0.4, -0.2) is 45.2 Å². The number of sulfonamides is 1. The van der Waals surface area contributed by atoms with Crippen molar-refractivity contribution in [3.05, 3.63) is 48.0 Å². The normalized spacial score (nSPS) is 11.2. The zero-order valence-corrected chi connectivity index (χ0v) is 17.0. The Balaban J connectivity index is 2.17. The van der Waals surface area contributed by atoms with Crippen LogP contribution in [0.25, 0.3) is 0 Å². The average Bonchev–Trinajstić information content (AvgIpc) is 2.63. The van der Waals surface area contributed by atoms with Crippen LogP contribution in [0, 0.1) is 6.92 Å². The lowest BCUT2D eigenvalue weighted by Crippen LogP contribution is -2.35. The molecule has 0 aromatic heterocycles. The van der Waals surface area contributed by atoms with Crippen molar-refractivity contribution < 1.29 is 22.7 Å².